The Labute approximate surface area is 99.4 Å². The van der Waals surface area contributed by atoms with Crippen LogP contribution in [0.1, 0.15) is 20.3 Å². The van der Waals surface area contributed by atoms with Crippen LogP contribution in [0.4, 0.5) is 4.79 Å². The van der Waals surface area contributed by atoms with Crippen LogP contribution in [-0.4, -0.2) is 52.7 Å². The predicted octanol–water partition coefficient (Wildman–Crippen LogP) is -0.435. The van der Waals surface area contributed by atoms with Gasteiger partial charge in [-0.05, 0) is 12.3 Å². The molecule has 7 nitrogen and oxygen atoms in total. The topological polar surface area (TPSA) is 116 Å². The van der Waals surface area contributed by atoms with Gasteiger partial charge in [-0.15, -0.1) is 0 Å². The minimum Gasteiger partial charge on any atom is -0.480 e. The minimum atomic E-state index is -1.16. The van der Waals surface area contributed by atoms with Crippen LogP contribution in [0.5, 0.6) is 0 Å². The summed E-state index contributed by atoms with van der Waals surface area (Å²) < 4.78 is 4.53. The van der Waals surface area contributed by atoms with Crippen molar-refractivity contribution in [3.63, 3.8) is 0 Å². The number of carbonyl (C=O) groups excluding carboxylic acids is 1. The van der Waals surface area contributed by atoms with Crippen molar-refractivity contribution >= 4 is 12.1 Å². The number of ether oxygens (including phenoxy) is 1. The van der Waals surface area contributed by atoms with Crippen molar-refractivity contribution in [1.29, 1.82) is 0 Å². The monoisotopic (exact) mass is 249 g/mol. The first-order valence-electron chi connectivity index (χ1n) is 5.31. The summed E-state index contributed by atoms with van der Waals surface area (Å²) in [6, 6.07) is -1.02. The van der Waals surface area contributed by atoms with Gasteiger partial charge in [0.2, 0.25) is 0 Å². The molecule has 0 aliphatic carbocycles. The van der Waals surface area contributed by atoms with Crippen LogP contribution >= 0.6 is 0 Å². The van der Waals surface area contributed by atoms with Crippen LogP contribution in [-0.2, 0) is 9.53 Å². The number of carbonyl (C=O) groups is 2. The largest absolute Gasteiger partial charge is 0.480 e. The highest BCUT2D eigenvalue weighted by molar-refractivity contribution is 5.79. The molecule has 0 aromatic rings. The molecule has 17 heavy (non-hydrogen) atoms. The Morgan fingerprint density at radius 2 is 1.94 bits per heavy atom. The summed E-state index contributed by atoms with van der Waals surface area (Å²) in [5, 5.41) is 28.4. The van der Waals surface area contributed by atoms with Gasteiger partial charge in [0.25, 0.3) is 0 Å². The van der Waals surface area contributed by atoms with E-state index in [1.807, 2.05) is 13.8 Å². The van der Waals surface area contributed by atoms with Crippen molar-refractivity contribution in [1.82, 2.24) is 5.32 Å². The first kappa shape index (κ1) is 15.7. The summed E-state index contributed by atoms with van der Waals surface area (Å²) in [4.78, 5) is 22.0. The Bertz CT molecular complexity index is 255. The number of hydrogen-bond acceptors (Lipinski definition) is 5. The van der Waals surface area contributed by atoms with E-state index in [-0.39, 0.29) is 18.9 Å². The molecule has 0 aromatic carbocycles. The zero-order chi connectivity index (χ0) is 13.4. The molecule has 0 saturated heterocycles. The molecule has 4 N–H and O–H groups in total. The smallest absolute Gasteiger partial charge is 0.407 e. The molecular weight excluding hydrogens is 230 g/mol. The van der Waals surface area contributed by atoms with Crippen LogP contribution in [0.3, 0.4) is 0 Å². The summed E-state index contributed by atoms with van der Waals surface area (Å²) in [6.07, 6.45) is -1.80. The second kappa shape index (κ2) is 7.86. The fourth-order valence-corrected chi connectivity index (χ4v) is 1.10. The SMILES string of the molecule is CC(C)C[C@H](NC(=O)OCC(O)CO)C(=O)O. The average molecular weight is 249 g/mol. The van der Waals surface area contributed by atoms with Gasteiger partial charge in [-0.25, -0.2) is 9.59 Å². The second-order valence-electron chi connectivity index (χ2n) is 4.10. The van der Waals surface area contributed by atoms with Crippen molar-refractivity contribution in [3.8, 4) is 0 Å². The number of aliphatic carboxylic acids is 1. The maximum absolute atomic E-state index is 11.2. The molecule has 0 aromatic heterocycles. The molecule has 0 aliphatic heterocycles. The number of aliphatic hydroxyl groups is 2. The van der Waals surface area contributed by atoms with Gasteiger partial charge in [0.1, 0.15) is 18.8 Å². The van der Waals surface area contributed by atoms with Gasteiger partial charge in [-0.2, -0.15) is 0 Å². The summed E-state index contributed by atoms with van der Waals surface area (Å²) in [5.74, 6) is -1.03. The highest BCUT2D eigenvalue weighted by Crippen LogP contribution is 2.05. The van der Waals surface area contributed by atoms with E-state index < -0.39 is 30.8 Å². The van der Waals surface area contributed by atoms with Gasteiger partial charge < -0.3 is 25.4 Å². The molecule has 7 heteroatoms. The fourth-order valence-electron chi connectivity index (χ4n) is 1.10. The van der Waals surface area contributed by atoms with Crippen molar-refractivity contribution < 1.29 is 29.6 Å². The third kappa shape index (κ3) is 7.53. The number of rotatable bonds is 7. The van der Waals surface area contributed by atoms with Gasteiger partial charge in [-0.3, -0.25) is 0 Å². The lowest BCUT2D eigenvalue weighted by molar-refractivity contribution is -0.139. The zero-order valence-electron chi connectivity index (χ0n) is 9.92. The lowest BCUT2D eigenvalue weighted by Gasteiger charge is -2.16. The molecule has 0 spiro atoms. The van der Waals surface area contributed by atoms with Gasteiger partial charge in [0.05, 0.1) is 6.61 Å². The minimum absolute atomic E-state index is 0.111. The number of amides is 1. The molecule has 0 radical (unpaired) electrons. The highest BCUT2D eigenvalue weighted by atomic mass is 16.6. The van der Waals surface area contributed by atoms with E-state index in [4.69, 9.17) is 15.3 Å². The summed E-state index contributed by atoms with van der Waals surface area (Å²) in [6.45, 7) is 2.76. The molecule has 0 heterocycles. The van der Waals surface area contributed by atoms with Gasteiger partial charge in [-0.1, -0.05) is 13.8 Å². The molecule has 100 valence electrons. The van der Waals surface area contributed by atoms with Crippen molar-refractivity contribution in [2.24, 2.45) is 5.92 Å². The molecule has 1 amide bonds. The molecule has 2 atom stereocenters. The summed E-state index contributed by atoms with van der Waals surface area (Å²) >= 11 is 0. The maximum Gasteiger partial charge on any atom is 0.407 e. The van der Waals surface area contributed by atoms with E-state index in [2.05, 4.69) is 10.1 Å². The van der Waals surface area contributed by atoms with Crippen LogP contribution in [0.15, 0.2) is 0 Å². The van der Waals surface area contributed by atoms with E-state index in [1.165, 1.54) is 0 Å². The quantitative estimate of drug-likeness (QED) is 0.486. The Kier molecular flexibility index (Phi) is 7.24. The third-order valence-corrected chi connectivity index (χ3v) is 1.91. The molecule has 0 aliphatic rings. The molecule has 1 unspecified atom stereocenters. The van der Waals surface area contributed by atoms with Crippen LogP contribution in [0, 0.1) is 5.92 Å². The Hall–Kier alpha value is -1.34. The van der Waals surface area contributed by atoms with Gasteiger partial charge >= 0.3 is 12.1 Å². The first-order valence-corrected chi connectivity index (χ1v) is 5.31. The Balaban J connectivity index is 4.08. The number of aliphatic hydroxyl groups excluding tert-OH is 2. The third-order valence-electron chi connectivity index (χ3n) is 1.91. The number of carboxylic acids is 1. The number of alkyl carbamates (subject to hydrolysis) is 1. The molecule has 0 rings (SSSR count). The summed E-state index contributed by atoms with van der Waals surface area (Å²) in [7, 11) is 0. The van der Waals surface area contributed by atoms with Gasteiger partial charge in [0, 0.05) is 0 Å². The van der Waals surface area contributed by atoms with Crippen LogP contribution < -0.4 is 5.32 Å². The molecule has 0 fully saturated rings. The first-order chi connectivity index (χ1) is 7.86. The van der Waals surface area contributed by atoms with Crippen molar-refractivity contribution in [2.75, 3.05) is 13.2 Å². The number of hydrogen-bond donors (Lipinski definition) is 4. The maximum atomic E-state index is 11.2. The predicted molar refractivity (Wildman–Crippen MR) is 58.5 cm³/mol. The lowest BCUT2D eigenvalue weighted by atomic mass is 10.0. The Morgan fingerprint density at radius 3 is 2.35 bits per heavy atom. The van der Waals surface area contributed by atoms with Crippen molar-refractivity contribution in [3.05, 3.63) is 0 Å². The van der Waals surface area contributed by atoms with E-state index in [0.717, 1.165) is 0 Å². The normalized spacial score (nSPS) is 14.2. The van der Waals surface area contributed by atoms with Crippen molar-refractivity contribution in [2.45, 2.75) is 32.4 Å². The zero-order valence-corrected chi connectivity index (χ0v) is 9.92. The molecular formula is C10H19NO6. The number of carboxylic acid groups (broad SMARTS) is 1. The van der Waals surface area contributed by atoms with E-state index in [9.17, 15) is 9.59 Å². The van der Waals surface area contributed by atoms with Crippen LogP contribution in [0.25, 0.3) is 0 Å². The number of nitrogens with one attached hydrogen (secondary N) is 1. The Morgan fingerprint density at radius 1 is 1.35 bits per heavy atom. The standard InChI is InChI=1S/C10H19NO6/c1-6(2)3-8(9(14)15)11-10(16)17-5-7(13)4-12/h6-8,12-13H,3-5H2,1-2H3,(H,11,16)(H,14,15)/t7?,8-/m0/s1. The molecule has 0 saturated carbocycles. The average Bonchev–Trinajstić information content (AvgIpc) is 2.24. The molecule has 0 bridgehead atoms. The summed E-state index contributed by atoms with van der Waals surface area (Å²) in [5.41, 5.74) is 0. The van der Waals surface area contributed by atoms with E-state index >= 15 is 0 Å². The fraction of sp³-hybridized carbons (Fsp3) is 0.800. The lowest BCUT2D eigenvalue weighted by Crippen LogP contribution is -2.42. The van der Waals surface area contributed by atoms with Gasteiger partial charge in [0.15, 0.2) is 0 Å². The highest BCUT2D eigenvalue weighted by Gasteiger charge is 2.22. The van der Waals surface area contributed by atoms with E-state index in [0.29, 0.717) is 0 Å². The van der Waals surface area contributed by atoms with Crippen LogP contribution in [0.2, 0.25) is 0 Å². The second-order valence-corrected chi connectivity index (χ2v) is 4.10. The van der Waals surface area contributed by atoms with E-state index in [1.54, 1.807) is 0 Å².